The van der Waals surface area contributed by atoms with Gasteiger partial charge in [-0.05, 0) is 32.6 Å². The van der Waals surface area contributed by atoms with Crippen molar-refractivity contribution in [3.63, 3.8) is 0 Å². The summed E-state index contributed by atoms with van der Waals surface area (Å²) in [6.07, 6.45) is 14.6. The van der Waals surface area contributed by atoms with Gasteiger partial charge in [0.1, 0.15) is 0 Å². The molecule has 1 N–H and O–H groups in total. The maximum atomic E-state index is 12.0. The van der Waals surface area contributed by atoms with E-state index in [1.54, 1.807) is 4.90 Å². The van der Waals surface area contributed by atoms with E-state index >= 15 is 0 Å². The Kier molecular flexibility index (Phi) is 4.25. The molecule has 23 heavy (non-hydrogen) atoms. The third kappa shape index (κ3) is 3.03. The van der Waals surface area contributed by atoms with Crippen molar-refractivity contribution < 1.29 is 4.79 Å². The highest BCUT2D eigenvalue weighted by Crippen LogP contribution is 2.37. The zero-order valence-corrected chi connectivity index (χ0v) is 13.9. The van der Waals surface area contributed by atoms with Crippen molar-refractivity contribution in [3.8, 4) is 12.3 Å². The smallest absolute Gasteiger partial charge is 0.299 e. The molecule has 1 fully saturated rings. The van der Waals surface area contributed by atoms with Gasteiger partial charge in [0.05, 0.1) is 17.8 Å². The first kappa shape index (κ1) is 15.8. The van der Waals surface area contributed by atoms with Crippen molar-refractivity contribution in [1.29, 1.82) is 0 Å². The van der Waals surface area contributed by atoms with Gasteiger partial charge >= 0.3 is 0 Å². The van der Waals surface area contributed by atoms with Crippen LogP contribution in [0.1, 0.15) is 63.6 Å². The average Bonchev–Trinajstić information content (AvgIpc) is 2.71. The number of terminal acetylenes is 1. The Bertz CT molecular complexity index is 639. The first-order valence-electron chi connectivity index (χ1n) is 8.43. The molecule has 0 aromatic carbocycles. The van der Waals surface area contributed by atoms with Crippen molar-refractivity contribution in [2.45, 2.75) is 70.5 Å². The van der Waals surface area contributed by atoms with Gasteiger partial charge in [-0.25, -0.2) is 9.97 Å². The lowest BCUT2D eigenvalue weighted by Crippen LogP contribution is -2.39. The highest BCUT2D eigenvalue weighted by Gasteiger charge is 2.41. The summed E-state index contributed by atoms with van der Waals surface area (Å²) in [5.41, 5.74) is 1.41. The molecule has 0 bridgehead atoms. The third-order valence-electron chi connectivity index (χ3n) is 5.07. The van der Waals surface area contributed by atoms with E-state index in [1.807, 2.05) is 20.0 Å². The first-order chi connectivity index (χ1) is 11.0. The Balaban J connectivity index is 1.79. The molecule has 1 aliphatic carbocycles. The summed E-state index contributed by atoms with van der Waals surface area (Å²) >= 11 is 0. The van der Waals surface area contributed by atoms with E-state index in [0.29, 0.717) is 18.5 Å². The molecule has 122 valence electrons. The quantitative estimate of drug-likeness (QED) is 0.674. The highest BCUT2D eigenvalue weighted by molar-refractivity contribution is 5.93. The van der Waals surface area contributed by atoms with E-state index in [0.717, 1.165) is 11.3 Å². The molecule has 1 saturated carbocycles. The molecule has 1 aliphatic heterocycles. The van der Waals surface area contributed by atoms with Gasteiger partial charge in [0.15, 0.2) is 0 Å². The van der Waals surface area contributed by atoms with Crippen LogP contribution in [0.2, 0.25) is 0 Å². The fourth-order valence-corrected chi connectivity index (χ4v) is 3.62. The zero-order chi connectivity index (χ0) is 16.4. The molecule has 5 heteroatoms. The van der Waals surface area contributed by atoms with E-state index in [-0.39, 0.29) is 5.91 Å². The van der Waals surface area contributed by atoms with Crippen LogP contribution in [0, 0.1) is 12.3 Å². The van der Waals surface area contributed by atoms with Crippen molar-refractivity contribution in [1.82, 2.24) is 14.9 Å². The number of hydrogen-bond donors (Lipinski definition) is 1. The number of anilines is 1. The second kappa shape index (κ2) is 6.19. The Labute approximate surface area is 137 Å². The fourth-order valence-electron chi connectivity index (χ4n) is 3.62. The Morgan fingerprint density at radius 1 is 1.35 bits per heavy atom. The van der Waals surface area contributed by atoms with Crippen molar-refractivity contribution in [2.75, 3.05) is 5.32 Å². The Morgan fingerprint density at radius 2 is 2.04 bits per heavy atom. The van der Waals surface area contributed by atoms with Crippen LogP contribution in [0.4, 0.5) is 5.95 Å². The van der Waals surface area contributed by atoms with E-state index in [9.17, 15) is 4.79 Å². The number of carbonyl (C=O) groups is 1. The number of hydrogen-bond acceptors (Lipinski definition) is 4. The molecular weight excluding hydrogens is 288 g/mol. The lowest BCUT2D eigenvalue weighted by molar-refractivity contribution is -0.130. The SMILES string of the molecule is C#CC(=O)N1Cc2nc(NC3CCCCCC3)ncc2C1(C)C. The summed E-state index contributed by atoms with van der Waals surface area (Å²) in [6.45, 7) is 4.42. The van der Waals surface area contributed by atoms with Crippen LogP contribution >= 0.6 is 0 Å². The molecule has 0 saturated heterocycles. The average molecular weight is 312 g/mol. The Morgan fingerprint density at radius 3 is 2.70 bits per heavy atom. The van der Waals surface area contributed by atoms with Crippen LogP contribution < -0.4 is 5.32 Å². The zero-order valence-electron chi connectivity index (χ0n) is 13.9. The van der Waals surface area contributed by atoms with Gasteiger partial charge in [-0.1, -0.05) is 25.7 Å². The number of amides is 1. The molecule has 2 aliphatic rings. The summed E-state index contributed by atoms with van der Waals surface area (Å²) in [5.74, 6) is 2.58. The topological polar surface area (TPSA) is 58.1 Å². The summed E-state index contributed by atoms with van der Waals surface area (Å²) in [7, 11) is 0. The van der Waals surface area contributed by atoms with Crippen molar-refractivity contribution in [2.24, 2.45) is 0 Å². The predicted molar refractivity (Wildman–Crippen MR) is 89.6 cm³/mol. The van der Waals surface area contributed by atoms with Gasteiger partial charge in [-0.3, -0.25) is 4.79 Å². The minimum absolute atomic E-state index is 0.300. The van der Waals surface area contributed by atoms with E-state index in [4.69, 9.17) is 6.42 Å². The molecule has 1 amide bonds. The third-order valence-corrected chi connectivity index (χ3v) is 5.07. The van der Waals surface area contributed by atoms with E-state index < -0.39 is 5.54 Å². The maximum Gasteiger partial charge on any atom is 0.299 e. The molecule has 0 atom stereocenters. The summed E-state index contributed by atoms with van der Waals surface area (Å²) in [4.78, 5) is 22.8. The number of rotatable bonds is 2. The molecule has 0 unspecified atom stereocenters. The first-order valence-corrected chi connectivity index (χ1v) is 8.43. The van der Waals surface area contributed by atoms with Crippen LogP contribution in [0.15, 0.2) is 6.20 Å². The minimum atomic E-state index is -0.459. The second-order valence-electron chi connectivity index (χ2n) is 6.98. The van der Waals surface area contributed by atoms with E-state index in [2.05, 4.69) is 21.2 Å². The number of nitrogens with zero attached hydrogens (tertiary/aromatic N) is 3. The van der Waals surface area contributed by atoms with Crippen LogP contribution in [-0.2, 0) is 16.9 Å². The van der Waals surface area contributed by atoms with Gasteiger partial charge in [0.25, 0.3) is 5.91 Å². The van der Waals surface area contributed by atoms with Gasteiger partial charge in [-0.2, -0.15) is 0 Å². The van der Waals surface area contributed by atoms with Gasteiger partial charge in [-0.15, -0.1) is 6.42 Å². The lowest BCUT2D eigenvalue weighted by Gasteiger charge is -2.30. The Hall–Kier alpha value is -2.09. The fraction of sp³-hybridized carbons (Fsp3) is 0.611. The molecule has 1 aromatic rings. The molecule has 1 aromatic heterocycles. The normalized spacial score (nSPS) is 20.5. The van der Waals surface area contributed by atoms with Crippen LogP contribution in [0.5, 0.6) is 0 Å². The van der Waals surface area contributed by atoms with Gasteiger partial charge in [0.2, 0.25) is 5.95 Å². The number of fused-ring (bicyclic) bond motifs is 1. The number of nitrogens with one attached hydrogen (secondary N) is 1. The summed E-state index contributed by atoms with van der Waals surface area (Å²) in [5, 5.41) is 3.47. The summed E-state index contributed by atoms with van der Waals surface area (Å²) in [6, 6.07) is 0.452. The van der Waals surface area contributed by atoms with Crippen molar-refractivity contribution in [3.05, 3.63) is 17.5 Å². The number of aromatic nitrogens is 2. The monoisotopic (exact) mass is 312 g/mol. The maximum absolute atomic E-state index is 12.0. The predicted octanol–water partition coefficient (Wildman–Crippen LogP) is 2.82. The lowest BCUT2D eigenvalue weighted by atomic mass is 9.97. The van der Waals surface area contributed by atoms with Crippen LogP contribution in [-0.4, -0.2) is 26.8 Å². The van der Waals surface area contributed by atoms with Crippen molar-refractivity contribution >= 4 is 11.9 Å². The second-order valence-corrected chi connectivity index (χ2v) is 6.98. The number of carbonyl (C=O) groups excluding carboxylic acids is 1. The van der Waals surface area contributed by atoms with Crippen LogP contribution in [0.3, 0.4) is 0 Å². The molecule has 0 spiro atoms. The molecule has 2 heterocycles. The van der Waals surface area contributed by atoms with Gasteiger partial charge in [0, 0.05) is 17.8 Å². The largest absolute Gasteiger partial charge is 0.351 e. The van der Waals surface area contributed by atoms with E-state index in [1.165, 1.54) is 38.5 Å². The molecule has 5 nitrogen and oxygen atoms in total. The van der Waals surface area contributed by atoms with Crippen LogP contribution in [0.25, 0.3) is 0 Å². The standard InChI is InChI=1S/C18H24N4O/c1-4-16(23)22-12-15-14(18(22,2)3)11-19-17(21-15)20-13-9-7-5-6-8-10-13/h1,11,13H,5-10,12H2,2-3H3,(H,19,20,21). The molecule has 3 rings (SSSR count). The highest BCUT2D eigenvalue weighted by atomic mass is 16.2. The van der Waals surface area contributed by atoms with Gasteiger partial charge < -0.3 is 10.2 Å². The molecule has 0 radical (unpaired) electrons. The summed E-state index contributed by atoms with van der Waals surface area (Å²) < 4.78 is 0. The minimum Gasteiger partial charge on any atom is -0.351 e. The molecular formula is C18H24N4O.